The van der Waals surface area contributed by atoms with Gasteiger partial charge in [-0.3, -0.25) is 4.79 Å². The van der Waals surface area contributed by atoms with Crippen molar-refractivity contribution >= 4 is 5.91 Å². The Bertz CT molecular complexity index is 271. The summed E-state index contributed by atoms with van der Waals surface area (Å²) < 4.78 is 0. The van der Waals surface area contributed by atoms with Crippen molar-refractivity contribution < 1.29 is 4.79 Å². The van der Waals surface area contributed by atoms with Crippen molar-refractivity contribution in [3.8, 4) is 0 Å². The third-order valence-electron chi connectivity index (χ3n) is 4.09. The first-order valence-electron chi connectivity index (χ1n) is 7.18. The summed E-state index contributed by atoms with van der Waals surface area (Å²) in [6, 6.07) is 0.213. The molecule has 0 aromatic carbocycles. The molecule has 0 radical (unpaired) electrons. The minimum atomic E-state index is 0.00509. The van der Waals surface area contributed by atoms with Crippen molar-refractivity contribution in [2.24, 2.45) is 22.7 Å². The van der Waals surface area contributed by atoms with Crippen LogP contribution in [0.3, 0.4) is 0 Å². The lowest BCUT2D eigenvalue weighted by molar-refractivity contribution is -0.130. The highest BCUT2D eigenvalue weighted by molar-refractivity contribution is 5.79. The van der Waals surface area contributed by atoms with Gasteiger partial charge >= 0.3 is 0 Å². The Labute approximate surface area is 114 Å². The molecule has 0 aliphatic carbocycles. The predicted molar refractivity (Wildman–Crippen MR) is 79.5 cm³/mol. The van der Waals surface area contributed by atoms with Gasteiger partial charge in [-0.1, -0.05) is 48.5 Å². The second kappa shape index (κ2) is 6.08. The molecule has 0 heterocycles. The van der Waals surface area contributed by atoms with Crippen LogP contribution in [-0.2, 0) is 4.79 Å². The van der Waals surface area contributed by atoms with E-state index in [-0.39, 0.29) is 28.7 Å². The highest BCUT2D eigenvalue weighted by Gasteiger charge is 2.37. The molecule has 0 saturated carbocycles. The third-order valence-corrected chi connectivity index (χ3v) is 4.09. The summed E-state index contributed by atoms with van der Waals surface area (Å²) in [6.07, 6.45) is 0.937. The Morgan fingerprint density at radius 1 is 1.00 bits per heavy atom. The summed E-state index contributed by atoms with van der Waals surface area (Å²) in [6.45, 7) is 19.5. The standard InChI is InChI=1S/C16H33NO/c1-11(2)16(8,9)10-13(15(5,6)7)14(18)17-12(3)4/h11-13H,10H2,1-9H3,(H,17,18). The Kier molecular flexibility index (Phi) is 5.90. The van der Waals surface area contributed by atoms with Gasteiger partial charge in [-0.05, 0) is 37.0 Å². The SMILES string of the molecule is CC(C)NC(=O)C(CC(C)(C)C(C)C)C(C)(C)C. The Hall–Kier alpha value is -0.530. The number of carbonyl (C=O) groups is 1. The monoisotopic (exact) mass is 255 g/mol. The zero-order valence-corrected chi connectivity index (χ0v) is 13.8. The lowest BCUT2D eigenvalue weighted by Crippen LogP contribution is -2.43. The Balaban J connectivity index is 4.99. The number of rotatable bonds is 5. The summed E-state index contributed by atoms with van der Waals surface area (Å²) in [5.74, 6) is 0.845. The van der Waals surface area contributed by atoms with E-state index in [1.807, 2.05) is 13.8 Å². The van der Waals surface area contributed by atoms with Gasteiger partial charge in [0.1, 0.15) is 0 Å². The van der Waals surface area contributed by atoms with Crippen LogP contribution in [0.4, 0.5) is 0 Å². The van der Waals surface area contributed by atoms with Crippen LogP contribution < -0.4 is 5.32 Å². The molecular weight excluding hydrogens is 222 g/mol. The summed E-state index contributed by atoms with van der Waals surface area (Å²) in [4.78, 5) is 12.4. The van der Waals surface area contributed by atoms with Crippen LogP contribution in [0.15, 0.2) is 0 Å². The van der Waals surface area contributed by atoms with E-state index in [0.717, 1.165) is 6.42 Å². The maximum atomic E-state index is 12.4. The molecule has 18 heavy (non-hydrogen) atoms. The second-order valence-corrected chi connectivity index (χ2v) is 7.93. The maximum absolute atomic E-state index is 12.4. The molecule has 2 heteroatoms. The highest BCUT2D eigenvalue weighted by atomic mass is 16.2. The van der Waals surface area contributed by atoms with Gasteiger partial charge in [0, 0.05) is 12.0 Å². The van der Waals surface area contributed by atoms with Crippen LogP contribution in [0.2, 0.25) is 0 Å². The quantitative estimate of drug-likeness (QED) is 0.782. The first-order chi connectivity index (χ1) is 7.88. The van der Waals surface area contributed by atoms with Crippen molar-refractivity contribution in [1.29, 1.82) is 0 Å². The van der Waals surface area contributed by atoms with Crippen LogP contribution in [0.1, 0.15) is 68.7 Å². The van der Waals surface area contributed by atoms with E-state index in [9.17, 15) is 4.79 Å². The molecular formula is C16H33NO. The van der Waals surface area contributed by atoms with Gasteiger partial charge in [0.2, 0.25) is 5.91 Å². The van der Waals surface area contributed by atoms with Crippen molar-refractivity contribution in [2.45, 2.75) is 74.8 Å². The molecule has 1 amide bonds. The van der Waals surface area contributed by atoms with Gasteiger partial charge in [-0.2, -0.15) is 0 Å². The Morgan fingerprint density at radius 2 is 1.44 bits per heavy atom. The maximum Gasteiger partial charge on any atom is 0.223 e. The first kappa shape index (κ1) is 17.5. The zero-order chi connectivity index (χ0) is 14.7. The van der Waals surface area contributed by atoms with E-state index in [1.165, 1.54) is 0 Å². The smallest absolute Gasteiger partial charge is 0.223 e. The van der Waals surface area contributed by atoms with Gasteiger partial charge in [0.05, 0.1) is 0 Å². The molecule has 0 aliphatic rings. The van der Waals surface area contributed by atoms with Crippen LogP contribution in [0, 0.1) is 22.7 Å². The van der Waals surface area contributed by atoms with Gasteiger partial charge in [-0.25, -0.2) is 0 Å². The molecule has 0 aliphatic heterocycles. The normalized spacial score (nSPS) is 15.1. The van der Waals surface area contributed by atoms with Crippen LogP contribution in [0.5, 0.6) is 0 Å². The number of amides is 1. The molecule has 108 valence electrons. The topological polar surface area (TPSA) is 29.1 Å². The van der Waals surface area contributed by atoms with E-state index in [4.69, 9.17) is 0 Å². The third kappa shape index (κ3) is 5.41. The zero-order valence-electron chi connectivity index (χ0n) is 13.8. The summed E-state index contributed by atoms with van der Waals surface area (Å²) >= 11 is 0. The predicted octanol–water partition coefficient (Wildman–Crippen LogP) is 4.25. The van der Waals surface area contributed by atoms with E-state index >= 15 is 0 Å². The van der Waals surface area contributed by atoms with Crippen molar-refractivity contribution in [3.63, 3.8) is 0 Å². The number of hydrogen-bond acceptors (Lipinski definition) is 1. The molecule has 1 N–H and O–H groups in total. The van der Waals surface area contributed by atoms with E-state index in [0.29, 0.717) is 5.92 Å². The average Bonchev–Trinajstić information content (AvgIpc) is 2.10. The molecule has 0 saturated heterocycles. The van der Waals surface area contributed by atoms with Crippen LogP contribution >= 0.6 is 0 Å². The molecule has 0 rings (SSSR count). The lowest BCUT2D eigenvalue weighted by atomic mass is 9.67. The average molecular weight is 255 g/mol. The molecule has 0 bridgehead atoms. The summed E-state index contributed by atoms with van der Waals surface area (Å²) in [7, 11) is 0. The summed E-state index contributed by atoms with van der Waals surface area (Å²) in [5.41, 5.74) is 0.192. The van der Waals surface area contributed by atoms with Crippen LogP contribution in [-0.4, -0.2) is 11.9 Å². The number of hydrogen-bond donors (Lipinski definition) is 1. The fraction of sp³-hybridized carbons (Fsp3) is 0.938. The lowest BCUT2D eigenvalue weighted by Gasteiger charge is -2.38. The molecule has 0 fully saturated rings. The molecule has 0 spiro atoms. The first-order valence-corrected chi connectivity index (χ1v) is 7.18. The van der Waals surface area contributed by atoms with Gasteiger partial charge in [-0.15, -0.1) is 0 Å². The van der Waals surface area contributed by atoms with Gasteiger partial charge in [0.25, 0.3) is 0 Å². The second-order valence-electron chi connectivity index (χ2n) is 7.93. The fourth-order valence-corrected chi connectivity index (χ4v) is 1.94. The molecule has 2 nitrogen and oxygen atoms in total. The minimum Gasteiger partial charge on any atom is -0.354 e. The molecule has 0 aromatic heterocycles. The molecule has 1 atom stereocenters. The summed E-state index contributed by atoms with van der Waals surface area (Å²) in [5, 5.41) is 3.07. The van der Waals surface area contributed by atoms with E-state index < -0.39 is 0 Å². The van der Waals surface area contributed by atoms with Crippen molar-refractivity contribution in [3.05, 3.63) is 0 Å². The van der Waals surface area contributed by atoms with Crippen molar-refractivity contribution in [1.82, 2.24) is 5.32 Å². The molecule has 1 unspecified atom stereocenters. The van der Waals surface area contributed by atoms with Gasteiger partial charge in [0.15, 0.2) is 0 Å². The number of nitrogens with one attached hydrogen (secondary N) is 1. The van der Waals surface area contributed by atoms with E-state index in [1.54, 1.807) is 0 Å². The van der Waals surface area contributed by atoms with Gasteiger partial charge < -0.3 is 5.32 Å². The number of carbonyl (C=O) groups excluding carboxylic acids is 1. The minimum absolute atomic E-state index is 0.00509. The highest BCUT2D eigenvalue weighted by Crippen LogP contribution is 2.40. The van der Waals surface area contributed by atoms with Crippen molar-refractivity contribution in [2.75, 3.05) is 0 Å². The molecule has 0 aromatic rings. The Morgan fingerprint density at radius 3 is 1.72 bits per heavy atom. The largest absolute Gasteiger partial charge is 0.354 e. The van der Waals surface area contributed by atoms with E-state index in [2.05, 4.69) is 53.8 Å². The van der Waals surface area contributed by atoms with Crippen LogP contribution in [0.25, 0.3) is 0 Å². The fourth-order valence-electron chi connectivity index (χ4n) is 1.94.